The van der Waals surface area contributed by atoms with E-state index < -0.39 is 6.17 Å². The Bertz CT molecular complexity index is 390. The Balaban J connectivity index is 1.91. The highest BCUT2D eigenvalue weighted by Gasteiger charge is 2.22. The summed E-state index contributed by atoms with van der Waals surface area (Å²) in [7, 11) is 1.60. The van der Waals surface area contributed by atoms with Crippen LogP contribution in [0.2, 0.25) is 0 Å². The van der Waals surface area contributed by atoms with Crippen molar-refractivity contribution in [3.8, 4) is 0 Å². The normalized spacial score (nSPS) is 18.8. The van der Waals surface area contributed by atoms with E-state index in [4.69, 9.17) is 0 Å². The molecule has 1 unspecified atom stereocenters. The van der Waals surface area contributed by atoms with Crippen molar-refractivity contribution in [2.24, 2.45) is 4.99 Å². The monoisotopic (exact) mass is 218 g/mol. The Morgan fingerprint density at radius 3 is 2.94 bits per heavy atom. The van der Waals surface area contributed by atoms with Gasteiger partial charge in [0, 0.05) is 7.05 Å². The van der Waals surface area contributed by atoms with Crippen molar-refractivity contribution in [2.75, 3.05) is 7.05 Å². The summed E-state index contributed by atoms with van der Waals surface area (Å²) >= 11 is 0. The zero-order valence-electron chi connectivity index (χ0n) is 9.05. The molecule has 1 aromatic rings. The van der Waals surface area contributed by atoms with Crippen LogP contribution >= 0.6 is 0 Å². The number of nitrogens with one attached hydrogen (secondary N) is 2. The van der Waals surface area contributed by atoms with Gasteiger partial charge in [-0.1, -0.05) is 30.3 Å². The molecule has 84 valence electrons. The zero-order valence-corrected chi connectivity index (χ0v) is 9.05. The van der Waals surface area contributed by atoms with Gasteiger partial charge >= 0.3 is 0 Å². The molecule has 0 radical (unpaired) electrons. The average molecular weight is 218 g/mol. The van der Waals surface area contributed by atoms with E-state index in [0.29, 0.717) is 6.54 Å². The van der Waals surface area contributed by atoms with Crippen LogP contribution in [0.3, 0.4) is 0 Å². The molecule has 1 aliphatic heterocycles. The molecule has 1 heterocycles. The van der Waals surface area contributed by atoms with Crippen molar-refractivity contribution < 1.29 is 4.79 Å². The number of hydrazine groups is 1. The third kappa shape index (κ3) is 2.38. The Hall–Kier alpha value is -1.88. The third-order valence-corrected chi connectivity index (χ3v) is 2.33. The predicted molar refractivity (Wildman–Crippen MR) is 61.5 cm³/mol. The summed E-state index contributed by atoms with van der Waals surface area (Å²) in [5.74, 6) is -0.133. The highest BCUT2D eigenvalue weighted by atomic mass is 16.2. The van der Waals surface area contributed by atoms with Crippen LogP contribution in [0.4, 0.5) is 0 Å². The molecule has 5 heteroatoms. The maximum Gasteiger partial charge on any atom is 0.261 e. The average Bonchev–Trinajstić information content (AvgIpc) is 2.78. The summed E-state index contributed by atoms with van der Waals surface area (Å²) in [5, 5.41) is 4.35. The van der Waals surface area contributed by atoms with Crippen LogP contribution in [0, 0.1) is 0 Å². The quantitative estimate of drug-likeness (QED) is 0.757. The van der Waals surface area contributed by atoms with Crippen LogP contribution in [0.1, 0.15) is 5.56 Å². The van der Waals surface area contributed by atoms with Gasteiger partial charge in [0.2, 0.25) is 0 Å². The summed E-state index contributed by atoms with van der Waals surface area (Å²) < 4.78 is 0. The molecule has 1 atom stereocenters. The number of aliphatic imine (C=N–C) groups is 1. The van der Waals surface area contributed by atoms with E-state index >= 15 is 0 Å². The highest BCUT2D eigenvalue weighted by molar-refractivity contribution is 5.83. The van der Waals surface area contributed by atoms with Crippen molar-refractivity contribution in [2.45, 2.75) is 12.7 Å². The molecule has 0 aliphatic carbocycles. The number of rotatable bonds is 3. The first-order valence-corrected chi connectivity index (χ1v) is 5.11. The number of carbonyl (C=O) groups is 1. The summed E-state index contributed by atoms with van der Waals surface area (Å²) in [6, 6.07) is 10.0. The summed E-state index contributed by atoms with van der Waals surface area (Å²) in [5.41, 5.74) is 4.15. The maximum atomic E-state index is 11.3. The topological polar surface area (TPSA) is 56.7 Å². The molecule has 16 heavy (non-hydrogen) atoms. The van der Waals surface area contributed by atoms with Gasteiger partial charge in [-0.05, 0) is 5.56 Å². The van der Waals surface area contributed by atoms with Crippen LogP contribution < -0.4 is 10.7 Å². The first-order valence-electron chi connectivity index (χ1n) is 5.11. The molecule has 1 aromatic carbocycles. The van der Waals surface area contributed by atoms with Gasteiger partial charge in [0.1, 0.15) is 6.34 Å². The first kappa shape index (κ1) is 10.6. The highest BCUT2D eigenvalue weighted by Crippen LogP contribution is 2.05. The molecular formula is C11H14N4O. The van der Waals surface area contributed by atoms with E-state index in [1.54, 1.807) is 18.4 Å². The molecular weight excluding hydrogens is 204 g/mol. The second-order valence-electron chi connectivity index (χ2n) is 3.52. The van der Waals surface area contributed by atoms with E-state index in [9.17, 15) is 4.79 Å². The minimum Gasteiger partial charge on any atom is -0.356 e. The number of likely N-dealkylation sites (N-methyl/N-ethyl adjacent to an activating group) is 1. The van der Waals surface area contributed by atoms with Gasteiger partial charge in [0.25, 0.3) is 5.91 Å². The smallest absolute Gasteiger partial charge is 0.261 e. The Morgan fingerprint density at radius 2 is 2.25 bits per heavy atom. The van der Waals surface area contributed by atoms with Gasteiger partial charge in [0.15, 0.2) is 6.17 Å². The molecule has 1 aliphatic rings. The summed E-state index contributed by atoms with van der Waals surface area (Å²) in [6.45, 7) is 0.692. The minimum absolute atomic E-state index is 0.133. The van der Waals surface area contributed by atoms with Gasteiger partial charge < -0.3 is 5.32 Å². The summed E-state index contributed by atoms with van der Waals surface area (Å²) in [4.78, 5) is 15.4. The van der Waals surface area contributed by atoms with Crippen molar-refractivity contribution in [3.63, 3.8) is 0 Å². The third-order valence-electron chi connectivity index (χ3n) is 2.33. The standard InChI is InChI=1S/C11H14N4O/c1-12-11(16)10-13-8-15(14-10)7-9-5-3-2-4-6-9/h2-6,8,10,14H,7H2,1H3,(H,12,16). The molecule has 5 nitrogen and oxygen atoms in total. The molecule has 0 saturated carbocycles. The van der Waals surface area contributed by atoms with E-state index in [1.165, 1.54) is 5.56 Å². The van der Waals surface area contributed by atoms with E-state index in [0.717, 1.165) is 0 Å². The van der Waals surface area contributed by atoms with E-state index in [2.05, 4.69) is 15.7 Å². The number of hydrogen-bond acceptors (Lipinski definition) is 4. The maximum absolute atomic E-state index is 11.3. The lowest BCUT2D eigenvalue weighted by molar-refractivity contribution is -0.122. The van der Waals surface area contributed by atoms with Crippen molar-refractivity contribution in [1.29, 1.82) is 0 Å². The number of nitrogens with zero attached hydrogens (tertiary/aromatic N) is 2. The Morgan fingerprint density at radius 1 is 1.50 bits per heavy atom. The molecule has 2 N–H and O–H groups in total. The molecule has 0 bridgehead atoms. The number of amides is 1. The van der Waals surface area contributed by atoms with Crippen LogP contribution in [0.15, 0.2) is 35.3 Å². The van der Waals surface area contributed by atoms with Gasteiger partial charge in [-0.15, -0.1) is 0 Å². The molecule has 2 rings (SSSR count). The zero-order chi connectivity index (χ0) is 11.4. The summed E-state index contributed by atoms with van der Waals surface area (Å²) in [6.07, 6.45) is 1.14. The fraction of sp³-hybridized carbons (Fsp3) is 0.273. The lowest BCUT2D eigenvalue weighted by atomic mass is 10.2. The van der Waals surface area contributed by atoms with Gasteiger partial charge in [0.05, 0.1) is 6.54 Å². The van der Waals surface area contributed by atoms with Gasteiger partial charge in [-0.2, -0.15) is 0 Å². The molecule has 1 amide bonds. The Kier molecular flexibility index (Phi) is 3.16. The molecule has 0 spiro atoms. The van der Waals surface area contributed by atoms with Crippen molar-refractivity contribution in [3.05, 3.63) is 35.9 Å². The van der Waals surface area contributed by atoms with Gasteiger partial charge in [-0.3, -0.25) is 9.80 Å². The lowest BCUT2D eigenvalue weighted by Crippen LogP contribution is -2.44. The second kappa shape index (κ2) is 4.76. The van der Waals surface area contributed by atoms with Crippen molar-refractivity contribution in [1.82, 2.24) is 15.8 Å². The molecule has 0 fully saturated rings. The van der Waals surface area contributed by atoms with E-state index in [-0.39, 0.29) is 5.91 Å². The lowest BCUT2D eigenvalue weighted by Gasteiger charge is -2.16. The fourth-order valence-electron chi connectivity index (χ4n) is 1.50. The Labute approximate surface area is 94.1 Å². The van der Waals surface area contributed by atoms with Crippen LogP contribution in [-0.2, 0) is 11.3 Å². The first-order chi connectivity index (χ1) is 7.79. The number of hydrogen-bond donors (Lipinski definition) is 2. The van der Waals surface area contributed by atoms with E-state index in [1.807, 2.05) is 30.3 Å². The molecule has 0 saturated heterocycles. The van der Waals surface area contributed by atoms with Crippen LogP contribution in [0.25, 0.3) is 0 Å². The second-order valence-corrected chi connectivity index (χ2v) is 3.52. The van der Waals surface area contributed by atoms with Crippen LogP contribution in [0.5, 0.6) is 0 Å². The number of benzene rings is 1. The van der Waals surface area contributed by atoms with Crippen LogP contribution in [-0.4, -0.2) is 30.5 Å². The minimum atomic E-state index is -0.506. The molecule has 0 aromatic heterocycles. The number of carbonyl (C=O) groups excluding carboxylic acids is 1. The largest absolute Gasteiger partial charge is 0.356 e. The fourth-order valence-corrected chi connectivity index (χ4v) is 1.50. The SMILES string of the molecule is CNC(=O)C1N=CN(Cc2ccccc2)N1. The predicted octanol–water partition coefficient (Wildman–Crippen LogP) is 0.107. The van der Waals surface area contributed by atoms with Crippen molar-refractivity contribution >= 4 is 12.2 Å². The van der Waals surface area contributed by atoms with Gasteiger partial charge in [-0.25, -0.2) is 10.4 Å².